The lowest BCUT2D eigenvalue weighted by molar-refractivity contribution is 0.0700. The lowest BCUT2D eigenvalue weighted by atomic mass is 9.83. The number of likely N-dealkylation sites (tertiary alicyclic amines) is 1. The fourth-order valence-electron chi connectivity index (χ4n) is 3.85. The molecule has 0 spiro atoms. The number of aromatic nitrogens is 3. The van der Waals surface area contributed by atoms with E-state index in [9.17, 15) is 4.79 Å². The second-order valence-electron chi connectivity index (χ2n) is 6.98. The number of carbonyl (C=O) groups excluding carboxylic acids is 1. The second-order valence-corrected chi connectivity index (χ2v) is 7.39. The lowest BCUT2D eigenvalue weighted by Gasteiger charge is -2.31. The van der Waals surface area contributed by atoms with E-state index in [1.807, 2.05) is 4.90 Å². The van der Waals surface area contributed by atoms with E-state index in [1.54, 1.807) is 0 Å². The highest BCUT2D eigenvalue weighted by Gasteiger charge is 2.32. The van der Waals surface area contributed by atoms with Crippen molar-refractivity contribution < 1.29 is 9.32 Å². The van der Waals surface area contributed by atoms with E-state index in [4.69, 9.17) is 16.1 Å². The summed E-state index contributed by atoms with van der Waals surface area (Å²) < 4.78 is 5.70. The molecule has 24 heavy (non-hydrogen) atoms. The summed E-state index contributed by atoms with van der Waals surface area (Å²) in [6, 6.07) is 0. The number of hydrogen-bond acceptors (Lipinski definition) is 4. The molecule has 1 aliphatic heterocycles. The highest BCUT2D eigenvalue weighted by molar-refractivity contribution is 6.33. The number of rotatable bonds is 2. The minimum atomic E-state index is -0.0795. The van der Waals surface area contributed by atoms with Crippen LogP contribution in [0, 0.1) is 5.92 Å². The van der Waals surface area contributed by atoms with Gasteiger partial charge in [-0.3, -0.25) is 9.89 Å². The number of hydrogen-bond donors (Lipinski definition) is 1. The maximum absolute atomic E-state index is 12.5. The van der Waals surface area contributed by atoms with Crippen LogP contribution in [0.3, 0.4) is 0 Å². The Hall–Kier alpha value is -1.82. The molecule has 0 bridgehead atoms. The summed E-state index contributed by atoms with van der Waals surface area (Å²) in [7, 11) is 0. The number of nitrogens with one attached hydrogen (secondary N) is 1. The summed E-state index contributed by atoms with van der Waals surface area (Å²) in [6.45, 7) is 3.68. The normalized spacial score (nSPS) is 21.8. The standard InChI is InChI=1S/C17H21ClN4O2/c1-10-2-3-14-12(8-10)16(24-21-14)11-4-6-22(7-5-11)17(23)15-13(18)9-19-20-15/h9-11H,2-8H2,1H3,(H,19,20)/t10-/m0/s1. The minimum Gasteiger partial charge on any atom is -0.361 e. The number of fused-ring (bicyclic) bond motifs is 1. The number of amides is 1. The summed E-state index contributed by atoms with van der Waals surface area (Å²) >= 11 is 5.99. The highest BCUT2D eigenvalue weighted by atomic mass is 35.5. The van der Waals surface area contributed by atoms with Gasteiger partial charge >= 0.3 is 0 Å². The molecule has 1 amide bonds. The minimum absolute atomic E-state index is 0.0795. The van der Waals surface area contributed by atoms with E-state index >= 15 is 0 Å². The van der Waals surface area contributed by atoms with Crippen molar-refractivity contribution in [3.05, 3.63) is 33.9 Å². The monoisotopic (exact) mass is 348 g/mol. The van der Waals surface area contributed by atoms with Crippen molar-refractivity contribution in [3.8, 4) is 0 Å². The predicted octanol–water partition coefficient (Wildman–Crippen LogP) is 3.20. The molecule has 2 aromatic rings. The maximum Gasteiger partial charge on any atom is 0.273 e. The molecule has 0 saturated carbocycles. The molecule has 1 atom stereocenters. The molecule has 2 aliphatic rings. The first-order valence-corrected chi connectivity index (χ1v) is 8.96. The third kappa shape index (κ3) is 2.73. The van der Waals surface area contributed by atoms with Gasteiger partial charge in [0.1, 0.15) is 11.5 Å². The topological polar surface area (TPSA) is 75.0 Å². The molecule has 7 heteroatoms. The lowest BCUT2D eigenvalue weighted by Crippen LogP contribution is -2.38. The van der Waals surface area contributed by atoms with Crippen LogP contribution in [-0.4, -0.2) is 39.3 Å². The van der Waals surface area contributed by atoms with Crippen LogP contribution < -0.4 is 0 Å². The number of nitrogens with zero attached hydrogens (tertiary/aromatic N) is 3. The second kappa shape index (κ2) is 6.24. The third-order valence-electron chi connectivity index (χ3n) is 5.29. The number of carbonyl (C=O) groups is 1. The number of H-pyrrole nitrogens is 1. The predicted molar refractivity (Wildman–Crippen MR) is 89.2 cm³/mol. The van der Waals surface area contributed by atoms with E-state index in [2.05, 4.69) is 22.3 Å². The van der Waals surface area contributed by atoms with E-state index in [-0.39, 0.29) is 5.91 Å². The van der Waals surface area contributed by atoms with Crippen molar-refractivity contribution in [3.63, 3.8) is 0 Å². The van der Waals surface area contributed by atoms with Gasteiger partial charge in [-0.05, 0) is 38.0 Å². The van der Waals surface area contributed by atoms with Gasteiger partial charge in [0.2, 0.25) is 0 Å². The Morgan fingerprint density at radius 2 is 2.17 bits per heavy atom. The van der Waals surface area contributed by atoms with Crippen molar-refractivity contribution in [2.75, 3.05) is 13.1 Å². The Labute approximate surface area is 145 Å². The van der Waals surface area contributed by atoms with Crippen molar-refractivity contribution in [1.82, 2.24) is 20.3 Å². The van der Waals surface area contributed by atoms with Gasteiger partial charge < -0.3 is 9.42 Å². The van der Waals surface area contributed by atoms with Gasteiger partial charge in [-0.1, -0.05) is 23.7 Å². The van der Waals surface area contributed by atoms with Gasteiger partial charge in [-0.15, -0.1) is 0 Å². The Morgan fingerprint density at radius 3 is 2.88 bits per heavy atom. The average molecular weight is 349 g/mol. The van der Waals surface area contributed by atoms with Crippen LogP contribution in [0.4, 0.5) is 0 Å². The Balaban J connectivity index is 1.45. The molecule has 1 aliphatic carbocycles. The molecule has 4 rings (SSSR count). The number of aromatic amines is 1. The SMILES string of the molecule is C[C@H]1CCc2noc(C3CCN(C(=O)c4[nH]ncc4Cl)CC3)c2C1. The van der Waals surface area contributed by atoms with E-state index in [1.165, 1.54) is 18.2 Å². The summed E-state index contributed by atoms with van der Waals surface area (Å²) in [5.41, 5.74) is 2.85. The zero-order valence-electron chi connectivity index (χ0n) is 13.7. The molecular formula is C17H21ClN4O2. The smallest absolute Gasteiger partial charge is 0.273 e. The highest BCUT2D eigenvalue weighted by Crippen LogP contribution is 2.36. The van der Waals surface area contributed by atoms with Crippen LogP contribution in [0.25, 0.3) is 0 Å². The Bertz CT molecular complexity index is 746. The molecule has 3 heterocycles. The number of piperidine rings is 1. The van der Waals surface area contributed by atoms with Crippen molar-refractivity contribution in [2.24, 2.45) is 5.92 Å². The molecule has 0 unspecified atom stereocenters. The van der Waals surface area contributed by atoms with Gasteiger partial charge in [-0.25, -0.2) is 0 Å². The van der Waals surface area contributed by atoms with Crippen LogP contribution in [0.1, 0.15) is 59.6 Å². The van der Waals surface area contributed by atoms with Crippen LogP contribution in [-0.2, 0) is 12.8 Å². The van der Waals surface area contributed by atoms with Gasteiger partial charge in [0.25, 0.3) is 5.91 Å². The van der Waals surface area contributed by atoms with Crippen molar-refractivity contribution >= 4 is 17.5 Å². The zero-order chi connectivity index (χ0) is 16.7. The molecule has 2 aromatic heterocycles. The fourth-order valence-corrected chi connectivity index (χ4v) is 4.02. The quantitative estimate of drug-likeness (QED) is 0.904. The van der Waals surface area contributed by atoms with Crippen LogP contribution >= 0.6 is 11.6 Å². The molecule has 6 nitrogen and oxygen atoms in total. The van der Waals surface area contributed by atoms with Crippen LogP contribution in [0.5, 0.6) is 0 Å². The first-order valence-electron chi connectivity index (χ1n) is 8.59. The molecule has 1 saturated heterocycles. The first-order chi connectivity index (χ1) is 11.6. The molecule has 0 radical (unpaired) electrons. The molecule has 1 fully saturated rings. The summed E-state index contributed by atoms with van der Waals surface area (Å²) in [5.74, 6) is 2.03. The third-order valence-corrected chi connectivity index (χ3v) is 5.57. The number of halogens is 1. The zero-order valence-corrected chi connectivity index (χ0v) is 14.5. The van der Waals surface area contributed by atoms with Gasteiger partial charge in [0, 0.05) is 24.6 Å². The van der Waals surface area contributed by atoms with E-state index in [0.717, 1.165) is 37.1 Å². The Kier molecular flexibility index (Phi) is 4.08. The largest absolute Gasteiger partial charge is 0.361 e. The van der Waals surface area contributed by atoms with Gasteiger partial charge in [0.05, 0.1) is 16.9 Å². The van der Waals surface area contributed by atoms with Crippen LogP contribution in [0.15, 0.2) is 10.7 Å². The van der Waals surface area contributed by atoms with Crippen molar-refractivity contribution in [1.29, 1.82) is 0 Å². The Morgan fingerprint density at radius 1 is 1.38 bits per heavy atom. The van der Waals surface area contributed by atoms with E-state index in [0.29, 0.717) is 35.6 Å². The first kappa shape index (κ1) is 15.7. The maximum atomic E-state index is 12.5. The van der Waals surface area contributed by atoms with Gasteiger partial charge in [-0.2, -0.15) is 5.10 Å². The molecule has 128 valence electrons. The number of aryl methyl sites for hydroxylation is 1. The van der Waals surface area contributed by atoms with Crippen molar-refractivity contribution in [2.45, 2.75) is 44.9 Å². The molecule has 0 aromatic carbocycles. The summed E-state index contributed by atoms with van der Waals surface area (Å²) in [4.78, 5) is 14.3. The summed E-state index contributed by atoms with van der Waals surface area (Å²) in [6.07, 6.45) is 6.54. The average Bonchev–Trinajstić information content (AvgIpc) is 3.20. The van der Waals surface area contributed by atoms with E-state index < -0.39 is 0 Å². The fraction of sp³-hybridized carbons (Fsp3) is 0.588. The summed E-state index contributed by atoms with van der Waals surface area (Å²) in [5, 5.41) is 11.2. The van der Waals surface area contributed by atoms with Gasteiger partial charge in [0.15, 0.2) is 0 Å². The molecular weight excluding hydrogens is 328 g/mol. The molecule has 1 N–H and O–H groups in total. The van der Waals surface area contributed by atoms with Crippen LogP contribution in [0.2, 0.25) is 5.02 Å².